The fourth-order valence-electron chi connectivity index (χ4n) is 16.5. The number of aromatic nitrogens is 9. The van der Waals surface area contributed by atoms with E-state index in [1.54, 1.807) is 48.5 Å². The Hall–Kier alpha value is -11.3. The molecule has 0 saturated heterocycles. The zero-order chi connectivity index (χ0) is 106. The van der Waals surface area contributed by atoms with Gasteiger partial charge in [0.05, 0.1) is 32.3 Å². The summed E-state index contributed by atoms with van der Waals surface area (Å²) in [5.74, 6) is 1.52. The van der Waals surface area contributed by atoms with Crippen LogP contribution in [0.2, 0.25) is 78.6 Å². The van der Waals surface area contributed by atoms with Gasteiger partial charge < -0.3 is 44.4 Å². The summed E-state index contributed by atoms with van der Waals surface area (Å²) in [5, 5.41) is 8.12. The molecule has 738 valence electrons. The fourth-order valence-corrected chi connectivity index (χ4v) is 23.1. The van der Waals surface area contributed by atoms with Crippen LogP contribution in [0, 0.1) is 48.5 Å². The minimum absolute atomic E-state index is 0. The molecule has 0 bridgehead atoms. The molecule has 1 atom stereocenters. The van der Waals surface area contributed by atoms with Crippen molar-refractivity contribution in [3.05, 3.63) is 454 Å². The van der Waals surface area contributed by atoms with Gasteiger partial charge in [0.25, 0.3) is 0 Å². The van der Waals surface area contributed by atoms with E-state index < -0.39 is 32.3 Å². The predicted octanol–water partition coefficient (Wildman–Crippen LogP) is 30.5. The Bertz CT molecular complexity index is 7050. The van der Waals surface area contributed by atoms with Crippen molar-refractivity contribution >= 4 is 74.8 Å². The van der Waals surface area contributed by atoms with Crippen LogP contribution in [-0.2, 0) is 86.8 Å². The molecule has 20 rings (SSSR count). The molecule has 1 aliphatic carbocycles. The van der Waals surface area contributed by atoms with Crippen LogP contribution in [0.25, 0.3) is 118 Å². The molecule has 1 fully saturated rings. The van der Waals surface area contributed by atoms with E-state index in [0.29, 0.717) is 34.4 Å². The molecule has 1 unspecified atom stereocenters. The summed E-state index contributed by atoms with van der Waals surface area (Å²) >= 11 is 0. The molecule has 17 heteroatoms. The van der Waals surface area contributed by atoms with Crippen molar-refractivity contribution in [2.75, 3.05) is 0 Å². The van der Waals surface area contributed by atoms with Gasteiger partial charge in [-0.3, -0.25) is 0 Å². The average Bonchev–Trinajstić information content (AvgIpc) is 1.59. The smallest absolute Gasteiger partial charge is 0.0799 e. The molecule has 0 aliphatic heterocycles. The van der Waals surface area contributed by atoms with E-state index in [1.807, 2.05) is 195 Å². The largest absolute Gasteiger partial charge is 0.351 e. The van der Waals surface area contributed by atoms with E-state index >= 15 is 0 Å². The van der Waals surface area contributed by atoms with Gasteiger partial charge in [-0.2, -0.15) is 0 Å². The van der Waals surface area contributed by atoms with Gasteiger partial charge in [-0.1, -0.05) is 263 Å². The molecule has 10 aromatic carbocycles. The maximum absolute atomic E-state index is 7.82. The van der Waals surface area contributed by atoms with E-state index in [4.69, 9.17) is 17.3 Å². The monoisotopic (exact) mass is 2660 g/mol. The molecule has 143 heavy (non-hydrogen) atoms. The van der Waals surface area contributed by atoms with Crippen molar-refractivity contribution in [3.8, 4) is 95.7 Å². The van der Waals surface area contributed by atoms with E-state index in [0.717, 1.165) is 86.2 Å². The van der Waals surface area contributed by atoms with Crippen LogP contribution >= 0.6 is 0 Å². The van der Waals surface area contributed by atoms with Gasteiger partial charge in [-0.15, -0.1) is 275 Å². The molecule has 9 aromatic heterocycles. The van der Waals surface area contributed by atoms with E-state index in [-0.39, 0.29) is 135 Å². The van der Waals surface area contributed by atoms with Crippen LogP contribution in [0.3, 0.4) is 0 Å². The van der Waals surface area contributed by atoms with Crippen LogP contribution in [0.4, 0.5) is 0 Å². The summed E-state index contributed by atoms with van der Waals surface area (Å²) in [6.45, 7) is 39.0. The molecule has 0 spiro atoms. The minimum atomic E-state index is -1.49. The quantitative estimate of drug-likeness (QED) is 0.0617. The van der Waals surface area contributed by atoms with Crippen LogP contribution in [-0.4, -0.2) is 76.7 Å². The van der Waals surface area contributed by atoms with E-state index in [9.17, 15) is 0 Å². The topological polar surface area (TPSA) is 108 Å². The molecule has 19 aromatic rings. The SMILES string of the molecule is C[Si](C)(C)c1cnc(-c2[c-]cc3c(c2)c2ccccc2n3-c2ccccc2)cc1C1CCCC1.[2H]c1[c-]c(-c2cc(C(C)C)c([Si](C)(C)C)cn2)cc([2H])c1[2H].[2H]c1[c-]c(-c2cc(C(C)CC)c([Si](C)(C)C)cn2)cc([2H])c1[2H].[2H]c1[c-]c(-c2cc(CC)c([Si](C)(C)C)cn2)cc([2H])c1[2H].[Ir].[Ir].[Ir].[Ir].[c-]1ccccc1-c1ccccn1.[c-]1ccccc1-c1ccccn1.[c-]1ccccc1-c1ccccn1.[c-]1ccccc1-c1ccccn1. The Kier molecular flexibility index (Phi) is 40.4. The number of hydrogen-bond acceptors (Lipinski definition) is 8. The first-order chi connectivity index (χ1) is 70.9. The zero-order valence-electron chi connectivity index (χ0n) is 93.5. The summed E-state index contributed by atoms with van der Waals surface area (Å²) in [6.07, 6.45) is 22.5. The predicted molar refractivity (Wildman–Crippen MR) is 598 cm³/mol. The number of aryl methyl sites for hydroxylation is 1. The van der Waals surface area contributed by atoms with E-state index in [2.05, 4.69) is 292 Å². The number of rotatable bonds is 18. The van der Waals surface area contributed by atoms with E-state index in [1.165, 1.54) is 90.6 Å². The first kappa shape index (κ1) is 102. The van der Waals surface area contributed by atoms with Crippen molar-refractivity contribution in [1.29, 1.82) is 0 Å². The molecule has 0 amide bonds. The molecular weight excluding hydrogens is 2520 g/mol. The Balaban J connectivity index is 0.000000197. The van der Waals surface area contributed by atoms with Gasteiger partial charge in [0.2, 0.25) is 0 Å². The Morgan fingerprint density at radius 1 is 0.322 bits per heavy atom. The number of para-hydroxylation sites is 2. The van der Waals surface area contributed by atoms with Crippen LogP contribution < -0.4 is 20.7 Å². The Labute approximate surface area is 922 Å². The molecular formula is C126H129Ir4N9Si4-8. The van der Waals surface area contributed by atoms with Gasteiger partial charge in [-0.25, -0.2) is 0 Å². The first-order valence-electron chi connectivity index (χ1n) is 52.4. The summed E-state index contributed by atoms with van der Waals surface area (Å²) in [5.41, 5.74) is 23.3. The van der Waals surface area contributed by atoms with Gasteiger partial charge >= 0.3 is 0 Å². The first-order valence-corrected chi connectivity index (χ1v) is 61.9. The Morgan fingerprint density at radius 3 is 1.05 bits per heavy atom. The second kappa shape index (κ2) is 56.8. The van der Waals surface area contributed by atoms with Gasteiger partial charge in [0.1, 0.15) is 0 Å². The summed E-state index contributed by atoms with van der Waals surface area (Å²) in [6, 6.07) is 116. The second-order valence-corrected chi connectivity index (χ2v) is 58.7. The summed E-state index contributed by atoms with van der Waals surface area (Å²) < 4.78 is 71.7. The average molecular weight is 2660 g/mol. The molecule has 9 heterocycles. The summed E-state index contributed by atoms with van der Waals surface area (Å²) in [7, 11) is -5.85. The van der Waals surface area contributed by atoms with Crippen molar-refractivity contribution in [3.63, 3.8) is 0 Å². The third kappa shape index (κ3) is 33.1. The molecule has 0 N–H and O–H groups in total. The third-order valence-corrected chi connectivity index (χ3v) is 32.1. The minimum Gasteiger partial charge on any atom is -0.351 e. The standard InChI is InChI=1S/C31H31N2Si.C18H24NSi.C17H22NSi.C16H20NSi.4C11H8N.4Ir/c1-34(2,3)31-21-32-28(20-26(31)22-11-7-8-12-22)23-17-18-30-27(19-23)25-15-9-10-16-29(25)33(30)24-13-5-4-6-14-24;1-6-14(2)16-12-17(15-10-8-7-9-11-15)19-13-18(16)20(3,4)5;1-13(2)15-11-16(14-9-7-6-8-10-14)18-12-17(15)19(3,4)5;1-5-13-11-15(14-9-7-6-8-10-14)17-12-16(13)18(2,3)4;4*1-2-6-10(7-3-1)11-8-4-5-9-12-11;;;;/h4-6,9-10,13-16,18-22H,7-8,11-12H2,1-3H3;7-10,12-14H,6H2,1-5H3;6-9,11-13H,1-5H3;6-9,11-12H,5H2,1-4H3;4*1-6,8-9H;;;;/q8*-1;;;;/i;7D,8D,9D;2*6D,7D,8D;;;;;;;;. The van der Waals surface area contributed by atoms with Crippen molar-refractivity contribution in [2.24, 2.45) is 0 Å². The van der Waals surface area contributed by atoms with Gasteiger partial charge in [0.15, 0.2) is 0 Å². The maximum atomic E-state index is 7.82. The maximum Gasteiger partial charge on any atom is 0.0799 e. The van der Waals surface area contributed by atoms with Crippen molar-refractivity contribution in [1.82, 2.24) is 44.4 Å². The third-order valence-electron chi connectivity index (χ3n) is 23.9. The van der Waals surface area contributed by atoms with Gasteiger partial charge in [-0.05, 0) is 167 Å². The Morgan fingerprint density at radius 2 is 0.678 bits per heavy atom. The van der Waals surface area contributed by atoms with Crippen molar-refractivity contribution < 1.29 is 92.8 Å². The fraction of sp³-hybridized carbons (Fsp3) is 0.206. The zero-order valence-corrected chi connectivity index (χ0v) is 98.1. The normalized spacial score (nSPS) is 12.6. The van der Waals surface area contributed by atoms with Crippen molar-refractivity contribution in [2.45, 2.75) is 169 Å². The number of benzene rings is 10. The number of hydrogen-bond donors (Lipinski definition) is 0. The van der Waals surface area contributed by atoms with Crippen LogP contribution in [0.1, 0.15) is 119 Å². The number of nitrogens with zero attached hydrogens (tertiary/aromatic N) is 9. The molecule has 4 radical (unpaired) electrons. The van der Waals surface area contributed by atoms with Crippen LogP contribution in [0.5, 0.6) is 0 Å². The number of fused-ring (bicyclic) bond motifs is 3. The van der Waals surface area contributed by atoms with Gasteiger partial charge in [0, 0.05) is 149 Å². The number of pyridine rings is 8. The van der Waals surface area contributed by atoms with Crippen LogP contribution in [0.15, 0.2) is 383 Å². The molecule has 1 saturated carbocycles. The second-order valence-electron chi connectivity index (χ2n) is 38.5. The molecule has 1 aliphatic rings. The summed E-state index contributed by atoms with van der Waals surface area (Å²) in [4.78, 5) is 35.5. The molecule has 9 nitrogen and oxygen atoms in total.